The van der Waals surface area contributed by atoms with Gasteiger partial charge in [0, 0.05) is 29.6 Å². The third-order valence-corrected chi connectivity index (χ3v) is 4.71. The Bertz CT molecular complexity index is 738. The number of aromatic nitrogens is 1. The lowest BCUT2D eigenvalue weighted by Crippen LogP contribution is -2.26. The summed E-state index contributed by atoms with van der Waals surface area (Å²) in [6.45, 7) is 0. The van der Waals surface area contributed by atoms with Gasteiger partial charge in [-0.05, 0) is 18.9 Å². The number of carbonyl (C=O) groups excluding carboxylic acids is 1. The van der Waals surface area contributed by atoms with Crippen LogP contribution in [0.1, 0.15) is 23.4 Å². The Morgan fingerprint density at radius 3 is 2.70 bits per heavy atom. The average Bonchev–Trinajstić information content (AvgIpc) is 3.08. The van der Waals surface area contributed by atoms with E-state index in [0.717, 1.165) is 18.9 Å². The van der Waals surface area contributed by atoms with Gasteiger partial charge < -0.3 is 10.5 Å². The van der Waals surface area contributed by atoms with Crippen molar-refractivity contribution in [3.05, 3.63) is 40.2 Å². The van der Waals surface area contributed by atoms with Crippen LogP contribution >= 0.6 is 11.3 Å². The summed E-state index contributed by atoms with van der Waals surface area (Å²) in [6, 6.07) is 5.92. The molecule has 2 heterocycles. The fourth-order valence-corrected chi connectivity index (χ4v) is 2.94. The molecule has 0 bridgehead atoms. The number of halogens is 3. The summed E-state index contributed by atoms with van der Waals surface area (Å²) in [4.78, 5) is 14.9. The maximum atomic E-state index is 12.6. The van der Waals surface area contributed by atoms with Gasteiger partial charge in [-0.1, -0.05) is 6.07 Å². The van der Waals surface area contributed by atoms with Crippen LogP contribution in [0.5, 0.6) is 11.6 Å². The molecule has 122 valence electrons. The van der Waals surface area contributed by atoms with E-state index in [2.05, 4.69) is 4.98 Å². The lowest BCUT2D eigenvalue weighted by molar-refractivity contribution is -0.134. The van der Waals surface area contributed by atoms with Crippen molar-refractivity contribution in [2.45, 2.75) is 25.4 Å². The molecule has 23 heavy (non-hydrogen) atoms. The smallest absolute Gasteiger partial charge is 0.425 e. The lowest BCUT2D eigenvalue weighted by Gasteiger charge is -2.11. The summed E-state index contributed by atoms with van der Waals surface area (Å²) in [5, 5.41) is 1.28. The topological polar surface area (TPSA) is 65.2 Å². The van der Waals surface area contributed by atoms with Crippen LogP contribution in [-0.2, 0) is 17.4 Å². The molecule has 0 spiro atoms. The maximum absolute atomic E-state index is 12.6. The molecular formula is C15H13F3N2O2S. The monoisotopic (exact) mass is 342 g/mol. The van der Waals surface area contributed by atoms with Crippen molar-refractivity contribution < 1.29 is 22.7 Å². The summed E-state index contributed by atoms with van der Waals surface area (Å²) in [6.07, 6.45) is -2.51. The molecule has 2 N–H and O–H groups in total. The van der Waals surface area contributed by atoms with Gasteiger partial charge in [0.05, 0.1) is 5.41 Å². The highest BCUT2D eigenvalue weighted by Gasteiger charge is 2.48. The molecule has 4 nitrogen and oxygen atoms in total. The van der Waals surface area contributed by atoms with Gasteiger partial charge >= 0.3 is 6.18 Å². The fraction of sp³-hybridized carbons (Fsp3) is 0.333. The Morgan fingerprint density at radius 1 is 1.39 bits per heavy atom. The number of nitrogens with two attached hydrogens (primary N) is 1. The highest BCUT2D eigenvalue weighted by molar-refractivity contribution is 7.10. The van der Waals surface area contributed by atoms with E-state index in [1.807, 2.05) is 0 Å². The van der Waals surface area contributed by atoms with Gasteiger partial charge in [0.25, 0.3) is 0 Å². The van der Waals surface area contributed by atoms with Crippen LogP contribution in [0.4, 0.5) is 13.2 Å². The van der Waals surface area contributed by atoms with Crippen molar-refractivity contribution in [2.75, 3.05) is 0 Å². The van der Waals surface area contributed by atoms with Crippen molar-refractivity contribution >= 4 is 17.2 Å². The average molecular weight is 342 g/mol. The van der Waals surface area contributed by atoms with E-state index in [9.17, 15) is 18.0 Å². The van der Waals surface area contributed by atoms with Crippen LogP contribution in [0.2, 0.25) is 0 Å². The number of carbonyl (C=O) groups is 1. The largest absolute Gasteiger partial charge is 0.438 e. The Balaban J connectivity index is 1.73. The summed E-state index contributed by atoms with van der Waals surface area (Å²) in [7, 11) is 0. The molecule has 0 aromatic carbocycles. The zero-order valence-electron chi connectivity index (χ0n) is 11.9. The molecule has 0 aliphatic heterocycles. The highest BCUT2D eigenvalue weighted by atomic mass is 32.1. The van der Waals surface area contributed by atoms with Crippen LogP contribution in [0.15, 0.2) is 29.6 Å². The molecule has 1 aliphatic carbocycles. The quantitative estimate of drug-likeness (QED) is 0.900. The fourth-order valence-electron chi connectivity index (χ4n) is 2.26. The minimum Gasteiger partial charge on any atom is -0.438 e. The molecule has 2 aromatic heterocycles. The van der Waals surface area contributed by atoms with Crippen molar-refractivity contribution in [2.24, 2.45) is 11.1 Å². The first kappa shape index (κ1) is 15.8. The molecule has 3 rings (SSSR count). The minimum absolute atomic E-state index is 0.0861. The third kappa shape index (κ3) is 3.47. The molecule has 8 heteroatoms. The van der Waals surface area contributed by atoms with Gasteiger partial charge in [0.15, 0.2) is 0 Å². The Morgan fingerprint density at radius 2 is 2.13 bits per heavy atom. The number of hydrogen-bond donors (Lipinski definition) is 1. The van der Waals surface area contributed by atoms with Gasteiger partial charge in [0.1, 0.15) is 10.6 Å². The van der Waals surface area contributed by atoms with Crippen molar-refractivity contribution in [1.29, 1.82) is 0 Å². The van der Waals surface area contributed by atoms with Gasteiger partial charge in [-0.25, -0.2) is 4.98 Å². The summed E-state index contributed by atoms with van der Waals surface area (Å²) >= 11 is 0.565. The summed E-state index contributed by atoms with van der Waals surface area (Å²) < 4.78 is 43.1. The molecule has 2 aromatic rings. The van der Waals surface area contributed by atoms with E-state index in [1.165, 1.54) is 5.38 Å². The predicted octanol–water partition coefficient (Wildman–Crippen LogP) is 3.76. The number of thiophene rings is 1. The van der Waals surface area contributed by atoms with Crippen molar-refractivity contribution in [1.82, 2.24) is 4.98 Å². The Labute approximate surface area is 134 Å². The zero-order chi connectivity index (χ0) is 16.7. The summed E-state index contributed by atoms with van der Waals surface area (Å²) in [5.74, 6) is -0.0735. The van der Waals surface area contributed by atoms with Crippen LogP contribution in [-0.4, -0.2) is 10.9 Å². The molecule has 0 atom stereocenters. The minimum atomic E-state index is -4.39. The second kappa shape index (κ2) is 5.52. The van der Waals surface area contributed by atoms with E-state index in [0.29, 0.717) is 23.5 Å². The second-order valence-corrected chi connectivity index (χ2v) is 6.45. The zero-order valence-corrected chi connectivity index (χ0v) is 12.7. The molecular weight excluding hydrogens is 329 g/mol. The van der Waals surface area contributed by atoms with E-state index < -0.39 is 16.5 Å². The van der Waals surface area contributed by atoms with Gasteiger partial charge in [-0.3, -0.25) is 4.79 Å². The first-order valence-corrected chi connectivity index (χ1v) is 7.76. The molecule has 0 saturated heterocycles. The van der Waals surface area contributed by atoms with Crippen molar-refractivity contribution in [3.63, 3.8) is 0 Å². The van der Waals surface area contributed by atoms with Crippen molar-refractivity contribution in [3.8, 4) is 11.6 Å². The standard InChI is InChI=1S/C15H13F3N2O2S/c16-15(17,18)11-6-10(8-23-11)22-12-3-1-2-9(20-12)7-14(4-5-14)13(19)21/h1-3,6,8H,4-5,7H2,(H2,19,21). The van der Waals surface area contributed by atoms with E-state index in [1.54, 1.807) is 18.2 Å². The van der Waals surface area contributed by atoms with Gasteiger partial charge in [0.2, 0.25) is 11.8 Å². The normalized spacial score (nSPS) is 16.1. The molecule has 1 amide bonds. The van der Waals surface area contributed by atoms with Crippen LogP contribution in [0.3, 0.4) is 0 Å². The first-order chi connectivity index (χ1) is 10.8. The van der Waals surface area contributed by atoms with Crippen LogP contribution in [0, 0.1) is 5.41 Å². The first-order valence-electron chi connectivity index (χ1n) is 6.88. The van der Waals surface area contributed by atoms with Crippen LogP contribution < -0.4 is 10.5 Å². The molecule has 0 radical (unpaired) electrons. The Hall–Kier alpha value is -2.09. The lowest BCUT2D eigenvalue weighted by atomic mass is 9.99. The summed E-state index contributed by atoms with van der Waals surface area (Å²) in [5.41, 5.74) is 5.48. The molecule has 1 fully saturated rings. The number of rotatable bonds is 5. The number of amides is 1. The highest BCUT2D eigenvalue weighted by Crippen LogP contribution is 2.48. The maximum Gasteiger partial charge on any atom is 0.425 e. The number of primary amides is 1. The molecule has 1 aliphatic rings. The number of ether oxygens (including phenoxy) is 1. The number of nitrogens with zero attached hydrogens (tertiary/aromatic N) is 1. The van der Waals surface area contributed by atoms with Crippen LogP contribution in [0.25, 0.3) is 0 Å². The van der Waals surface area contributed by atoms with Gasteiger partial charge in [-0.2, -0.15) is 13.2 Å². The number of hydrogen-bond acceptors (Lipinski definition) is 4. The third-order valence-electron chi connectivity index (χ3n) is 3.75. The SMILES string of the molecule is NC(=O)C1(Cc2cccc(Oc3csc(C(F)(F)F)c3)n2)CC1. The number of pyridine rings is 1. The molecule has 1 saturated carbocycles. The predicted molar refractivity (Wildman–Crippen MR) is 78.2 cm³/mol. The number of alkyl halides is 3. The van der Waals surface area contributed by atoms with Gasteiger partial charge in [-0.15, -0.1) is 11.3 Å². The van der Waals surface area contributed by atoms with E-state index in [4.69, 9.17) is 10.5 Å². The Kier molecular flexibility index (Phi) is 3.79. The van der Waals surface area contributed by atoms with E-state index >= 15 is 0 Å². The second-order valence-electron chi connectivity index (χ2n) is 5.54. The van der Waals surface area contributed by atoms with E-state index in [-0.39, 0.29) is 17.5 Å². The molecule has 0 unspecified atom stereocenters.